The molecule has 0 saturated heterocycles. The van der Waals surface area contributed by atoms with Gasteiger partial charge in [0.1, 0.15) is 5.60 Å². The van der Waals surface area contributed by atoms with Gasteiger partial charge in [-0.3, -0.25) is 0 Å². The van der Waals surface area contributed by atoms with Gasteiger partial charge in [0.05, 0.1) is 6.04 Å². The molecule has 1 rings (SSSR count). The van der Waals surface area contributed by atoms with E-state index in [1.54, 1.807) is 0 Å². The van der Waals surface area contributed by atoms with Crippen LogP contribution >= 0.6 is 0 Å². The van der Waals surface area contributed by atoms with Gasteiger partial charge in [0.2, 0.25) is 0 Å². The van der Waals surface area contributed by atoms with Gasteiger partial charge in [-0.05, 0) is 39.5 Å². The molecular formula is C12H24N2O2. The van der Waals surface area contributed by atoms with Gasteiger partial charge in [-0.15, -0.1) is 0 Å². The van der Waals surface area contributed by atoms with Crippen LogP contribution in [-0.2, 0) is 4.74 Å². The van der Waals surface area contributed by atoms with Crippen LogP contribution in [0.15, 0.2) is 0 Å². The van der Waals surface area contributed by atoms with Crippen molar-refractivity contribution in [1.29, 1.82) is 0 Å². The summed E-state index contributed by atoms with van der Waals surface area (Å²) in [5.74, 6) is 0.319. The molecule has 0 radical (unpaired) electrons. The van der Waals surface area contributed by atoms with Crippen LogP contribution in [0, 0.1) is 5.92 Å². The Morgan fingerprint density at radius 3 is 2.19 bits per heavy atom. The molecule has 4 nitrogen and oxygen atoms in total. The normalized spacial score (nSPS) is 20.4. The SMILES string of the molecule is CC(C)C(NC(=O)OC(C)(C)C)C1(N)CC1. The summed E-state index contributed by atoms with van der Waals surface area (Å²) in [4.78, 5) is 11.7. The highest BCUT2D eigenvalue weighted by atomic mass is 16.6. The summed E-state index contributed by atoms with van der Waals surface area (Å²) < 4.78 is 5.24. The highest BCUT2D eigenvalue weighted by molar-refractivity contribution is 5.68. The molecule has 1 saturated carbocycles. The Bertz CT molecular complexity index is 265. The van der Waals surface area contributed by atoms with Crippen LogP contribution in [0.1, 0.15) is 47.5 Å². The molecule has 16 heavy (non-hydrogen) atoms. The third-order valence-corrected chi connectivity index (χ3v) is 2.79. The number of rotatable bonds is 3. The first-order chi connectivity index (χ1) is 7.14. The largest absolute Gasteiger partial charge is 0.444 e. The average Bonchev–Trinajstić information content (AvgIpc) is 2.76. The van der Waals surface area contributed by atoms with Crippen LogP contribution in [0.5, 0.6) is 0 Å². The van der Waals surface area contributed by atoms with Crippen LogP contribution in [0.25, 0.3) is 0 Å². The Kier molecular flexibility index (Phi) is 3.53. The summed E-state index contributed by atoms with van der Waals surface area (Å²) in [5, 5.41) is 2.89. The van der Waals surface area contributed by atoms with E-state index in [0.717, 1.165) is 12.8 Å². The highest BCUT2D eigenvalue weighted by Crippen LogP contribution is 2.38. The number of hydrogen-bond donors (Lipinski definition) is 2. The monoisotopic (exact) mass is 228 g/mol. The van der Waals surface area contributed by atoms with E-state index in [0.29, 0.717) is 5.92 Å². The maximum atomic E-state index is 11.7. The Hall–Kier alpha value is -0.770. The number of carbonyl (C=O) groups excluding carboxylic acids is 1. The lowest BCUT2D eigenvalue weighted by Gasteiger charge is -2.29. The molecule has 0 aliphatic heterocycles. The minimum absolute atomic E-state index is 0.00218. The summed E-state index contributed by atoms with van der Waals surface area (Å²) in [7, 11) is 0. The minimum Gasteiger partial charge on any atom is -0.444 e. The second-order valence-corrected chi connectivity index (χ2v) is 6.10. The molecule has 94 valence electrons. The third kappa shape index (κ3) is 3.67. The zero-order valence-corrected chi connectivity index (χ0v) is 11.0. The van der Waals surface area contributed by atoms with Gasteiger partial charge >= 0.3 is 6.09 Å². The molecule has 1 aliphatic carbocycles. The van der Waals surface area contributed by atoms with Crippen molar-refractivity contribution in [3.05, 3.63) is 0 Å². The first-order valence-electron chi connectivity index (χ1n) is 5.92. The van der Waals surface area contributed by atoms with E-state index < -0.39 is 5.60 Å². The standard InChI is InChI=1S/C12H24N2O2/c1-8(2)9(12(13)6-7-12)14-10(15)16-11(3,4)5/h8-9H,6-7,13H2,1-5H3,(H,14,15). The Labute approximate surface area is 97.9 Å². The van der Waals surface area contributed by atoms with Crippen molar-refractivity contribution < 1.29 is 9.53 Å². The predicted molar refractivity (Wildman–Crippen MR) is 64.1 cm³/mol. The molecule has 1 atom stereocenters. The molecule has 0 spiro atoms. The summed E-state index contributed by atoms with van der Waals surface area (Å²) >= 11 is 0. The number of alkyl carbamates (subject to hydrolysis) is 1. The zero-order chi connectivity index (χ0) is 12.6. The fraction of sp³-hybridized carbons (Fsp3) is 0.917. The number of ether oxygens (including phenoxy) is 1. The van der Waals surface area contributed by atoms with Gasteiger partial charge in [0, 0.05) is 5.54 Å². The minimum atomic E-state index is -0.461. The van der Waals surface area contributed by atoms with Crippen molar-refractivity contribution in [2.45, 2.75) is 64.6 Å². The molecule has 0 aromatic heterocycles. The molecule has 0 aromatic rings. The van der Waals surface area contributed by atoms with Crippen molar-refractivity contribution in [3.8, 4) is 0 Å². The molecule has 0 bridgehead atoms. The van der Waals surface area contributed by atoms with Crippen molar-refractivity contribution in [2.75, 3.05) is 0 Å². The zero-order valence-electron chi connectivity index (χ0n) is 11.0. The molecule has 1 aliphatic rings. The summed E-state index contributed by atoms with van der Waals surface area (Å²) in [6, 6.07) is 0.00218. The van der Waals surface area contributed by atoms with Gasteiger partial charge in [-0.1, -0.05) is 13.8 Å². The van der Waals surface area contributed by atoms with Gasteiger partial charge in [-0.25, -0.2) is 4.79 Å². The molecular weight excluding hydrogens is 204 g/mol. The van der Waals surface area contributed by atoms with E-state index in [2.05, 4.69) is 19.2 Å². The topological polar surface area (TPSA) is 64.3 Å². The first kappa shape index (κ1) is 13.3. The van der Waals surface area contributed by atoms with Crippen LogP contribution in [-0.4, -0.2) is 23.3 Å². The smallest absolute Gasteiger partial charge is 0.407 e. The van der Waals surface area contributed by atoms with E-state index in [4.69, 9.17) is 10.5 Å². The van der Waals surface area contributed by atoms with Crippen LogP contribution in [0.2, 0.25) is 0 Å². The highest BCUT2D eigenvalue weighted by Gasteiger charge is 2.48. The molecule has 1 fully saturated rings. The molecule has 1 unspecified atom stereocenters. The van der Waals surface area contributed by atoms with E-state index in [1.165, 1.54) is 0 Å². The average molecular weight is 228 g/mol. The summed E-state index contributed by atoms with van der Waals surface area (Å²) in [6.07, 6.45) is 1.58. The fourth-order valence-electron chi connectivity index (χ4n) is 1.86. The summed E-state index contributed by atoms with van der Waals surface area (Å²) in [6.45, 7) is 9.69. The maximum Gasteiger partial charge on any atom is 0.407 e. The molecule has 0 heterocycles. The van der Waals surface area contributed by atoms with Crippen molar-refractivity contribution in [3.63, 3.8) is 0 Å². The molecule has 0 aromatic carbocycles. The number of amides is 1. The van der Waals surface area contributed by atoms with Crippen molar-refractivity contribution >= 4 is 6.09 Å². The van der Waals surface area contributed by atoms with Crippen LogP contribution < -0.4 is 11.1 Å². The van der Waals surface area contributed by atoms with Crippen LogP contribution in [0.3, 0.4) is 0 Å². The van der Waals surface area contributed by atoms with E-state index in [-0.39, 0.29) is 17.7 Å². The second-order valence-electron chi connectivity index (χ2n) is 6.10. The Morgan fingerprint density at radius 2 is 1.88 bits per heavy atom. The number of hydrogen-bond acceptors (Lipinski definition) is 3. The van der Waals surface area contributed by atoms with Gasteiger partial charge in [0.25, 0.3) is 0 Å². The molecule has 1 amide bonds. The lowest BCUT2D eigenvalue weighted by Crippen LogP contribution is -2.53. The van der Waals surface area contributed by atoms with Gasteiger partial charge < -0.3 is 15.8 Å². The Morgan fingerprint density at radius 1 is 1.38 bits per heavy atom. The number of carbonyl (C=O) groups is 1. The first-order valence-corrected chi connectivity index (χ1v) is 5.92. The van der Waals surface area contributed by atoms with Crippen molar-refractivity contribution in [2.24, 2.45) is 11.7 Å². The fourth-order valence-corrected chi connectivity index (χ4v) is 1.86. The quantitative estimate of drug-likeness (QED) is 0.776. The summed E-state index contributed by atoms with van der Waals surface area (Å²) in [5.41, 5.74) is 5.45. The maximum absolute atomic E-state index is 11.7. The lowest BCUT2D eigenvalue weighted by atomic mass is 9.95. The molecule has 3 N–H and O–H groups in total. The van der Waals surface area contributed by atoms with Gasteiger partial charge in [0.15, 0.2) is 0 Å². The van der Waals surface area contributed by atoms with E-state index >= 15 is 0 Å². The number of nitrogens with two attached hydrogens (primary N) is 1. The van der Waals surface area contributed by atoms with E-state index in [9.17, 15) is 4.79 Å². The van der Waals surface area contributed by atoms with Crippen molar-refractivity contribution in [1.82, 2.24) is 5.32 Å². The predicted octanol–water partition coefficient (Wildman–Crippen LogP) is 2.03. The lowest BCUT2D eigenvalue weighted by molar-refractivity contribution is 0.0476. The Balaban J connectivity index is 2.53. The second kappa shape index (κ2) is 4.24. The van der Waals surface area contributed by atoms with E-state index in [1.807, 2.05) is 20.8 Å². The number of nitrogens with one attached hydrogen (secondary N) is 1. The van der Waals surface area contributed by atoms with Crippen LogP contribution in [0.4, 0.5) is 4.79 Å². The molecule has 4 heteroatoms. The van der Waals surface area contributed by atoms with Gasteiger partial charge in [-0.2, -0.15) is 0 Å². The third-order valence-electron chi connectivity index (χ3n) is 2.79.